The molecule has 1 saturated heterocycles. The van der Waals surface area contributed by atoms with Gasteiger partial charge in [-0.25, -0.2) is 4.39 Å². The number of hydrogen-bond donors (Lipinski definition) is 2. The first-order chi connectivity index (χ1) is 17.3. The van der Waals surface area contributed by atoms with E-state index in [1.807, 2.05) is 38.1 Å². The lowest BCUT2D eigenvalue weighted by molar-refractivity contribution is -0.140. The number of rotatable bonds is 5. The average Bonchev–Trinajstić information content (AvgIpc) is 3.32. The van der Waals surface area contributed by atoms with Gasteiger partial charge in [-0.15, -0.1) is 0 Å². The fourth-order valence-corrected chi connectivity index (χ4v) is 4.96. The molecular weight excluding hydrogens is 459 g/mol. The molecule has 2 N–H and O–H groups in total. The van der Waals surface area contributed by atoms with Crippen LogP contribution in [0, 0.1) is 19.7 Å². The SMILES string of the molecule is COc1ccc(/C(O)=C2\C(=O)C(=O)N(Cc3ccc(F)cc3)C2c2c(C)[nH]c3ccccc23)cc1C. The van der Waals surface area contributed by atoms with Crippen molar-refractivity contribution in [1.29, 1.82) is 0 Å². The number of carbonyl (C=O) groups excluding carboxylic acids is 2. The number of H-pyrrole nitrogens is 1. The molecule has 0 bridgehead atoms. The summed E-state index contributed by atoms with van der Waals surface area (Å²) in [5.41, 5.74) is 4.25. The molecule has 0 radical (unpaired) electrons. The number of aryl methyl sites for hydroxylation is 2. The van der Waals surface area contributed by atoms with Crippen LogP contribution in [0.1, 0.15) is 34.0 Å². The molecule has 36 heavy (non-hydrogen) atoms. The molecule has 1 atom stereocenters. The molecule has 4 aromatic rings. The molecule has 2 heterocycles. The van der Waals surface area contributed by atoms with Crippen LogP contribution in [-0.4, -0.2) is 33.8 Å². The summed E-state index contributed by atoms with van der Waals surface area (Å²) in [4.78, 5) is 31.6. The highest BCUT2D eigenvalue weighted by atomic mass is 19.1. The lowest BCUT2D eigenvalue weighted by Crippen LogP contribution is -2.29. The number of amides is 1. The van der Waals surface area contributed by atoms with Gasteiger partial charge in [-0.2, -0.15) is 0 Å². The normalized spacial score (nSPS) is 17.2. The topological polar surface area (TPSA) is 82.6 Å². The van der Waals surface area contributed by atoms with Gasteiger partial charge < -0.3 is 19.7 Å². The maximum Gasteiger partial charge on any atom is 0.295 e. The molecule has 0 spiro atoms. The molecule has 1 fully saturated rings. The van der Waals surface area contributed by atoms with Crippen LogP contribution in [0.3, 0.4) is 0 Å². The van der Waals surface area contributed by atoms with Gasteiger partial charge in [-0.1, -0.05) is 30.3 Å². The Hall–Kier alpha value is -4.39. The van der Waals surface area contributed by atoms with Gasteiger partial charge in [0, 0.05) is 34.3 Å². The molecule has 182 valence electrons. The second-order valence-electron chi connectivity index (χ2n) is 8.95. The van der Waals surface area contributed by atoms with E-state index in [1.165, 1.54) is 17.0 Å². The van der Waals surface area contributed by atoms with E-state index in [9.17, 15) is 19.1 Å². The van der Waals surface area contributed by atoms with Crippen molar-refractivity contribution in [1.82, 2.24) is 9.88 Å². The molecule has 1 unspecified atom stereocenters. The van der Waals surface area contributed by atoms with Crippen molar-refractivity contribution in [3.8, 4) is 5.75 Å². The number of aromatic nitrogens is 1. The first kappa shape index (κ1) is 23.4. The van der Waals surface area contributed by atoms with Crippen molar-refractivity contribution >= 4 is 28.4 Å². The van der Waals surface area contributed by atoms with Crippen molar-refractivity contribution in [3.05, 3.63) is 106 Å². The third-order valence-electron chi connectivity index (χ3n) is 6.69. The van der Waals surface area contributed by atoms with Gasteiger partial charge >= 0.3 is 0 Å². The largest absolute Gasteiger partial charge is 0.507 e. The van der Waals surface area contributed by atoms with Crippen molar-refractivity contribution in [2.75, 3.05) is 7.11 Å². The zero-order valence-electron chi connectivity index (χ0n) is 20.1. The van der Waals surface area contributed by atoms with E-state index in [0.717, 1.165) is 27.7 Å². The Morgan fingerprint density at radius 1 is 1.06 bits per heavy atom. The fraction of sp³-hybridized carbons (Fsp3) is 0.172. The number of Topliss-reactive ketones (excluding diaryl/α,β-unsaturated/α-hetero) is 1. The summed E-state index contributed by atoms with van der Waals surface area (Å²) in [6.07, 6.45) is 0. The number of aliphatic hydroxyl groups excluding tert-OH is 1. The number of fused-ring (bicyclic) bond motifs is 1. The zero-order valence-corrected chi connectivity index (χ0v) is 20.1. The van der Waals surface area contributed by atoms with Gasteiger partial charge in [-0.3, -0.25) is 9.59 Å². The minimum atomic E-state index is -0.839. The molecule has 7 heteroatoms. The monoisotopic (exact) mass is 484 g/mol. The number of likely N-dealkylation sites (tertiary alicyclic amines) is 1. The molecule has 1 aliphatic rings. The van der Waals surface area contributed by atoms with E-state index in [4.69, 9.17) is 4.74 Å². The number of ketones is 1. The Morgan fingerprint density at radius 3 is 2.47 bits per heavy atom. The molecule has 5 rings (SSSR count). The highest BCUT2D eigenvalue weighted by molar-refractivity contribution is 6.46. The molecule has 1 aromatic heterocycles. The molecule has 3 aromatic carbocycles. The van der Waals surface area contributed by atoms with Gasteiger partial charge in [0.1, 0.15) is 17.3 Å². The Kier molecular flexibility index (Phi) is 5.84. The first-order valence-electron chi connectivity index (χ1n) is 11.5. The number of nitrogens with one attached hydrogen (secondary N) is 1. The standard InChI is InChI=1S/C29H25FN2O4/c1-16-14-19(10-13-23(16)36-3)27(33)25-26(24-17(2)31-22-7-5-4-6-21(22)24)32(29(35)28(25)34)15-18-8-11-20(30)12-9-18/h4-14,26,31,33H,15H2,1-3H3/b27-25+. The van der Waals surface area contributed by atoms with Gasteiger partial charge in [0.15, 0.2) is 0 Å². The van der Waals surface area contributed by atoms with Crippen LogP contribution in [0.2, 0.25) is 0 Å². The summed E-state index contributed by atoms with van der Waals surface area (Å²) < 4.78 is 18.8. The number of halogens is 1. The Morgan fingerprint density at radius 2 is 1.78 bits per heavy atom. The first-order valence-corrected chi connectivity index (χ1v) is 11.5. The van der Waals surface area contributed by atoms with E-state index in [1.54, 1.807) is 37.4 Å². The number of nitrogens with zero attached hydrogens (tertiary/aromatic N) is 1. The summed E-state index contributed by atoms with van der Waals surface area (Å²) in [7, 11) is 1.56. The Labute approximate surface area is 207 Å². The zero-order chi connectivity index (χ0) is 25.6. The number of para-hydroxylation sites is 1. The van der Waals surface area contributed by atoms with Crippen LogP contribution < -0.4 is 4.74 Å². The maximum atomic E-state index is 13.5. The summed E-state index contributed by atoms with van der Waals surface area (Å²) in [5.74, 6) is -1.49. The van der Waals surface area contributed by atoms with E-state index in [0.29, 0.717) is 16.9 Å². The second-order valence-corrected chi connectivity index (χ2v) is 8.95. The number of benzene rings is 3. The quantitative estimate of drug-likeness (QED) is 0.221. The third-order valence-corrected chi connectivity index (χ3v) is 6.69. The summed E-state index contributed by atoms with van der Waals surface area (Å²) in [6.45, 7) is 3.79. The lowest BCUT2D eigenvalue weighted by atomic mass is 9.93. The van der Waals surface area contributed by atoms with E-state index in [-0.39, 0.29) is 23.7 Å². The molecule has 0 saturated carbocycles. The van der Waals surface area contributed by atoms with Gasteiger partial charge in [0.2, 0.25) is 0 Å². The van der Waals surface area contributed by atoms with Gasteiger partial charge in [-0.05, 0) is 61.4 Å². The Balaban J connectivity index is 1.73. The number of methoxy groups -OCH3 is 1. The number of ether oxygens (including phenoxy) is 1. The highest BCUT2D eigenvalue weighted by Gasteiger charge is 2.47. The van der Waals surface area contributed by atoms with Gasteiger partial charge in [0.05, 0.1) is 18.7 Å². The number of carbonyl (C=O) groups is 2. The smallest absolute Gasteiger partial charge is 0.295 e. The number of aromatic amines is 1. The van der Waals surface area contributed by atoms with Crippen LogP contribution in [0.25, 0.3) is 16.7 Å². The maximum absolute atomic E-state index is 13.5. The van der Waals surface area contributed by atoms with Crippen LogP contribution in [-0.2, 0) is 16.1 Å². The van der Waals surface area contributed by atoms with Crippen molar-refractivity contribution in [2.45, 2.75) is 26.4 Å². The molecule has 6 nitrogen and oxygen atoms in total. The molecule has 0 aliphatic carbocycles. The number of aliphatic hydroxyl groups is 1. The fourth-order valence-electron chi connectivity index (χ4n) is 4.96. The number of hydrogen-bond acceptors (Lipinski definition) is 4. The molecule has 1 aliphatic heterocycles. The summed E-state index contributed by atoms with van der Waals surface area (Å²) in [5, 5.41) is 12.3. The van der Waals surface area contributed by atoms with Crippen molar-refractivity contribution < 1.29 is 23.8 Å². The van der Waals surface area contributed by atoms with Crippen LogP contribution >= 0.6 is 0 Å². The predicted molar refractivity (Wildman–Crippen MR) is 135 cm³/mol. The van der Waals surface area contributed by atoms with Crippen LogP contribution in [0.4, 0.5) is 4.39 Å². The van der Waals surface area contributed by atoms with Crippen LogP contribution in [0.15, 0.2) is 72.3 Å². The second kappa shape index (κ2) is 9.00. The Bertz CT molecular complexity index is 1530. The van der Waals surface area contributed by atoms with Crippen LogP contribution in [0.5, 0.6) is 5.75 Å². The van der Waals surface area contributed by atoms with E-state index < -0.39 is 17.7 Å². The van der Waals surface area contributed by atoms with Crippen molar-refractivity contribution in [3.63, 3.8) is 0 Å². The predicted octanol–water partition coefficient (Wildman–Crippen LogP) is 5.55. The average molecular weight is 485 g/mol. The molecular formula is C29H25FN2O4. The van der Waals surface area contributed by atoms with Crippen molar-refractivity contribution in [2.24, 2.45) is 0 Å². The van der Waals surface area contributed by atoms with Gasteiger partial charge in [0.25, 0.3) is 11.7 Å². The minimum absolute atomic E-state index is 0.0135. The lowest BCUT2D eigenvalue weighted by Gasteiger charge is -2.26. The summed E-state index contributed by atoms with van der Waals surface area (Å²) >= 11 is 0. The summed E-state index contributed by atoms with van der Waals surface area (Å²) in [6, 6.07) is 17.7. The third kappa shape index (κ3) is 3.82. The minimum Gasteiger partial charge on any atom is -0.507 e. The van der Waals surface area contributed by atoms with E-state index >= 15 is 0 Å². The molecule has 1 amide bonds. The highest BCUT2D eigenvalue weighted by Crippen LogP contribution is 2.44. The van der Waals surface area contributed by atoms with E-state index in [2.05, 4.69) is 4.98 Å².